The Morgan fingerprint density at radius 1 is 1.17 bits per heavy atom. The Labute approximate surface area is 169 Å². The molecule has 0 saturated carbocycles. The first-order valence-electron chi connectivity index (χ1n) is 9.11. The zero-order valence-corrected chi connectivity index (χ0v) is 16.8. The standard InChI is InChI=1S/C19H23N3O6S/c1-27-16-8-6-15(7-9-16)18(21-10-12-28-13-11-21)14-20-29(25,26)19-5-3-2-4-17(19)22(23)24/h2-9,18,20H,10-14H2,1H3/t18-/m1/s1. The molecule has 2 aromatic carbocycles. The third-order valence-corrected chi connectivity index (χ3v) is 6.28. The van der Waals surface area contributed by atoms with Crippen LogP contribution in [0.2, 0.25) is 0 Å². The molecule has 0 unspecified atom stereocenters. The molecule has 0 radical (unpaired) electrons. The zero-order valence-electron chi connectivity index (χ0n) is 16.0. The number of hydrogen-bond donors (Lipinski definition) is 1. The van der Waals surface area contributed by atoms with Gasteiger partial charge in [-0.15, -0.1) is 0 Å². The van der Waals surface area contributed by atoms with E-state index in [0.717, 1.165) is 5.56 Å². The van der Waals surface area contributed by atoms with Crippen molar-refractivity contribution in [2.24, 2.45) is 0 Å². The van der Waals surface area contributed by atoms with Crippen molar-refractivity contribution in [1.82, 2.24) is 9.62 Å². The third-order valence-electron chi connectivity index (χ3n) is 4.81. The number of ether oxygens (including phenoxy) is 2. The van der Waals surface area contributed by atoms with Crippen molar-refractivity contribution in [2.45, 2.75) is 10.9 Å². The van der Waals surface area contributed by atoms with Gasteiger partial charge in [-0.2, -0.15) is 0 Å². The molecule has 0 spiro atoms. The first-order chi connectivity index (χ1) is 13.9. The predicted molar refractivity (Wildman–Crippen MR) is 106 cm³/mol. The molecule has 1 saturated heterocycles. The highest BCUT2D eigenvalue weighted by Crippen LogP contribution is 2.26. The highest BCUT2D eigenvalue weighted by Gasteiger charge is 2.28. The van der Waals surface area contributed by atoms with E-state index in [1.165, 1.54) is 24.3 Å². The molecule has 1 atom stereocenters. The number of nitrogens with one attached hydrogen (secondary N) is 1. The summed E-state index contributed by atoms with van der Waals surface area (Å²) in [6.45, 7) is 2.50. The van der Waals surface area contributed by atoms with E-state index < -0.39 is 20.6 Å². The van der Waals surface area contributed by atoms with Crippen LogP contribution in [0.3, 0.4) is 0 Å². The molecule has 156 valence electrons. The molecule has 0 aromatic heterocycles. The maximum absolute atomic E-state index is 12.8. The summed E-state index contributed by atoms with van der Waals surface area (Å²) in [5.74, 6) is 0.704. The lowest BCUT2D eigenvalue weighted by Crippen LogP contribution is -2.43. The lowest BCUT2D eigenvalue weighted by atomic mass is 10.0. The number of nitro groups is 1. The number of hydrogen-bond acceptors (Lipinski definition) is 7. The van der Waals surface area contributed by atoms with Crippen LogP contribution in [0.15, 0.2) is 53.4 Å². The van der Waals surface area contributed by atoms with Crippen molar-refractivity contribution in [2.75, 3.05) is 40.0 Å². The van der Waals surface area contributed by atoms with Crippen molar-refractivity contribution in [3.63, 3.8) is 0 Å². The lowest BCUT2D eigenvalue weighted by Gasteiger charge is -2.35. The molecule has 1 heterocycles. The van der Waals surface area contributed by atoms with E-state index in [1.54, 1.807) is 7.11 Å². The van der Waals surface area contributed by atoms with Crippen LogP contribution in [-0.2, 0) is 14.8 Å². The molecule has 29 heavy (non-hydrogen) atoms. The van der Waals surface area contributed by atoms with E-state index in [9.17, 15) is 18.5 Å². The Balaban J connectivity index is 1.85. The monoisotopic (exact) mass is 421 g/mol. The molecule has 0 bridgehead atoms. The summed E-state index contributed by atoms with van der Waals surface area (Å²) >= 11 is 0. The Morgan fingerprint density at radius 2 is 1.83 bits per heavy atom. The molecule has 2 aromatic rings. The van der Waals surface area contributed by atoms with Crippen LogP contribution < -0.4 is 9.46 Å². The molecule has 9 nitrogen and oxygen atoms in total. The summed E-state index contributed by atoms with van der Waals surface area (Å²) in [4.78, 5) is 12.3. The van der Waals surface area contributed by atoms with Crippen LogP contribution in [0.4, 0.5) is 5.69 Å². The fraction of sp³-hybridized carbons (Fsp3) is 0.368. The average Bonchev–Trinajstić information content (AvgIpc) is 2.75. The lowest BCUT2D eigenvalue weighted by molar-refractivity contribution is -0.387. The van der Waals surface area contributed by atoms with Crippen molar-refractivity contribution < 1.29 is 22.8 Å². The maximum Gasteiger partial charge on any atom is 0.289 e. The highest BCUT2D eigenvalue weighted by atomic mass is 32.2. The third kappa shape index (κ3) is 5.10. The minimum atomic E-state index is -4.06. The number of rotatable bonds is 8. The number of nitro benzene ring substituents is 1. The number of sulfonamides is 1. The molecule has 3 rings (SSSR count). The van der Waals surface area contributed by atoms with Crippen molar-refractivity contribution in [3.05, 3.63) is 64.2 Å². The van der Waals surface area contributed by atoms with Crippen molar-refractivity contribution in [1.29, 1.82) is 0 Å². The van der Waals surface area contributed by atoms with E-state index in [0.29, 0.717) is 32.1 Å². The minimum absolute atomic E-state index is 0.0701. The molecule has 10 heteroatoms. The van der Waals surface area contributed by atoms with Gasteiger partial charge in [0.25, 0.3) is 5.69 Å². The number of para-hydroxylation sites is 1. The fourth-order valence-electron chi connectivity index (χ4n) is 3.27. The summed E-state index contributed by atoms with van der Waals surface area (Å²) in [5, 5.41) is 11.2. The second kappa shape index (κ2) is 9.31. The Kier molecular flexibility index (Phi) is 6.80. The Hall–Kier alpha value is -2.53. The smallest absolute Gasteiger partial charge is 0.289 e. The van der Waals surface area contributed by atoms with Gasteiger partial charge in [0.2, 0.25) is 10.0 Å². The normalized spacial score (nSPS) is 16.3. The summed E-state index contributed by atoms with van der Waals surface area (Å²) in [5.41, 5.74) is 0.463. The van der Waals surface area contributed by atoms with Gasteiger partial charge in [0.1, 0.15) is 5.75 Å². The summed E-state index contributed by atoms with van der Waals surface area (Å²) in [6.07, 6.45) is 0. The van der Waals surface area contributed by atoms with Gasteiger partial charge in [-0.25, -0.2) is 13.1 Å². The van der Waals surface area contributed by atoms with E-state index in [2.05, 4.69) is 9.62 Å². The SMILES string of the molecule is COc1ccc([C@@H](CNS(=O)(=O)c2ccccc2[N+](=O)[O-])N2CCOCC2)cc1. The second-order valence-corrected chi connectivity index (χ2v) is 8.25. The molecular weight excluding hydrogens is 398 g/mol. The predicted octanol–water partition coefficient (Wildman–Crippen LogP) is 1.96. The minimum Gasteiger partial charge on any atom is -0.497 e. The van der Waals surface area contributed by atoms with Crippen LogP contribution in [-0.4, -0.2) is 58.2 Å². The first kappa shape index (κ1) is 21.2. The average molecular weight is 421 g/mol. The van der Waals surface area contributed by atoms with Crippen LogP contribution in [0.25, 0.3) is 0 Å². The van der Waals surface area contributed by atoms with Gasteiger partial charge in [0.15, 0.2) is 4.90 Å². The molecular formula is C19H23N3O6S. The molecule has 0 amide bonds. The van der Waals surface area contributed by atoms with Crippen molar-refractivity contribution in [3.8, 4) is 5.75 Å². The maximum atomic E-state index is 12.8. The molecule has 1 aliphatic heterocycles. The summed E-state index contributed by atoms with van der Waals surface area (Å²) in [6, 6.07) is 12.5. The number of benzene rings is 2. The van der Waals surface area contributed by atoms with Gasteiger partial charge in [0.05, 0.1) is 25.2 Å². The summed E-state index contributed by atoms with van der Waals surface area (Å²) in [7, 11) is -2.49. The van der Waals surface area contributed by atoms with Gasteiger partial charge in [-0.3, -0.25) is 15.0 Å². The number of morpholine rings is 1. The van der Waals surface area contributed by atoms with Gasteiger partial charge in [0, 0.05) is 31.7 Å². The largest absolute Gasteiger partial charge is 0.497 e. The molecule has 1 fully saturated rings. The quantitative estimate of drug-likeness (QED) is 0.512. The first-order valence-corrected chi connectivity index (χ1v) is 10.6. The van der Waals surface area contributed by atoms with Crippen LogP contribution in [0.5, 0.6) is 5.75 Å². The second-order valence-electron chi connectivity index (χ2n) is 6.51. The van der Waals surface area contributed by atoms with Gasteiger partial charge in [-0.05, 0) is 23.8 Å². The molecule has 0 aliphatic carbocycles. The van der Waals surface area contributed by atoms with Gasteiger partial charge >= 0.3 is 0 Å². The van der Waals surface area contributed by atoms with E-state index in [-0.39, 0.29) is 17.5 Å². The van der Waals surface area contributed by atoms with Crippen LogP contribution >= 0.6 is 0 Å². The Morgan fingerprint density at radius 3 is 2.45 bits per heavy atom. The van der Waals surface area contributed by atoms with E-state index in [4.69, 9.17) is 9.47 Å². The van der Waals surface area contributed by atoms with E-state index in [1.807, 2.05) is 24.3 Å². The van der Waals surface area contributed by atoms with Crippen LogP contribution in [0, 0.1) is 10.1 Å². The van der Waals surface area contributed by atoms with Gasteiger partial charge < -0.3 is 9.47 Å². The highest BCUT2D eigenvalue weighted by molar-refractivity contribution is 7.89. The zero-order chi connectivity index (χ0) is 20.9. The number of nitrogens with zero attached hydrogens (tertiary/aromatic N) is 2. The molecule has 1 N–H and O–H groups in total. The Bertz CT molecular complexity index is 943. The number of methoxy groups -OCH3 is 1. The van der Waals surface area contributed by atoms with Gasteiger partial charge in [-0.1, -0.05) is 24.3 Å². The van der Waals surface area contributed by atoms with Crippen molar-refractivity contribution >= 4 is 15.7 Å². The fourth-order valence-corrected chi connectivity index (χ4v) is 4.48. The topological polar surface area (TPSA) is 111 Å². The van der Waals surface area contributed by atoms with E-state index >= 15 is 0 Å². The summed E-state index contributed by atoms with van der Waals surface area (Å²) < 4.78 is 38.7. The van der Waals surface area contributed by atoms with Crippen LogP contribution in [0.1, 0.15) is 11.6 Å². The molecule has 1 aliphatic rings.